The molecule has 2 atom stereocenters. The zero-order valence-corrected chi connectivity index (χ0v) is 15.1. The highest BCUT2D eigenvalue weighted by Crippen LogP contribution is 2.29. The molecule has 0 unspecified atom stereocenters. The lowest BCUT2D eigenvalue weighted by atomic mass is 9.93. The lowest BCUT2D eigenvalue weighted by Crippen LogP contribution is -2.38. The molecule has 1 fully saturated rings. The molecule has 0 saturated carbocycles. The van der Waals surface area contributed by atoms with Crippen LogP contribution < -0.4 is 5.32 Å². The van der Waals surface area contributed by atoms with E-state index in [1.807, 2.05) is 13.0 Å². The molecule has 0 aromatic heterocycles. The van der Waals surface area contributed by atoms with E-state index in [1.165, 1.54) is 11.1 Å². The minimum absolute atomic E-state index is 0.00874. The second kappa shape index (κ2) is 7.36. The third-order valence-electron chi connectivity index (χ3n) is 4.80. The lowest BCUT2D eigenvalue weighted by molar-refractivity contribution is -0.119. The first-order chi connectivity index (χ1) is 11.9. The van der Waals surface area contributed by atoms with Crippen LogP contribution in [-0.2, 0) is 11.3 Å². The van der Waals surface area contributed by atoms with Crippen molar-refractivity contribution in [3.8, 4) is 0 Å². The molecule has 0 radical (unpaired) electrons. The van der Waals surface area contributed by atoms with E-state index in [4.69, 9.17) is 0 Å². The van der Waals surface area contributed by atoms with E-state index in [0.29, 0.717) is 6.54 Å². The van der Waals surface area contributed by atoms with E-state index in [2.05, 4.69) is 41.4 Å². The number of hydrogen-bond donors (Lipinski definition) is 1. The van der Waals surface area contributed by atoms with Crippen LogP contribution in [0, 0.1) is 19.7 Å². The summed E-state index contributed by atoms with van der Waals surface area (Å²) in [5.41, 5.74) is 4.37. The maximum atomic E-state index is 13.7. The first kappa shape index (κ1) is 17.6. The molecule has 0 aliphatic carbocycles. The van der Waals surface area contributed by atoms with E-state index in [1.54, 1.807) is 19.1 Å². The van der Waals surface area contributed by atoms with E-state index in [9.17, 15) is 9.18 Å². The van der Waals surface area contributed by atoms with Gasteiger partial charge >= 0.3 is 0 Å². The van der Waals surface area contributed by atoms with Gasteiger partial charge in [-0.15, -0.1) is 0 Å². The Morgan fingerprint density at radius 1 is 1.12 bits per heavy atom. The molecule has 1 aliphatic heterocycles. The Balaban J connectivity index is 1.78. The molecule has 4 heteroatoms. The third-order valence-corrected chi connectivity index (χ3v) is 4.80. The van der Waals surface area contributed by atoms with Gasteiger partial charge in [0, 0.05) is 38.5 Å². The predicted octanol–water partition coefficient (Wildman–Crippen LogP) is 3.55. The van der Waals surface area contributed by atoms with Crippen LogP contribution in [0.2, 0.25) is 0 Å². The lowest BCUT2D eigenvalue weighted by Gasteiger charge is -2.19. The Morgan fingerprint density at radius 2 is 1.84 bits per heavy atom. The highest BCUT2D eigenvalue weighted by atomic mass is 19.1. The molecule has 1 N–H and O–H groups in total. The zero-order valence-electron chi connectivity index (χ0n) is 15.1. The Hall–Kier alpha value is -2.20. The number of benzene rings is 2. The normalized spacial score (nSPS) is 20.6. The minimum Gasteiger partial charge on any atom is -0.352 e. The van der Waals surface area contributed by atoms with Crippen molar-refractivity contribution in [3.63, 3.8) is 0 Å². The van der Waals surface area contributed by atoms with Gasteiger partial charge in [0.15, 0.2) is 0 Å². The minimum atomic E-state index is -0.192. The Morgan fingerprint density at radius 3 is 2.48 bits per heavy atom. The fourth-order valence-electron chi connectivity index (χ4n) is 3.73. The number of hydrogen-bond acceptors (Lipinski definition) is 2. The number of nitrogens with zero attached hydrogens (tertiary/aromatic N) is 1. The van der Waals surface area contributed by atoms with Crippen LogP contribution in [0.15, 0.2) is 42.5 Å². The fourth-order valence-corrected chi connectivity index (χ4v) is 3.73. The molecular weight excluding hydrogens is 315 g/mol. The quantitative estimate of drug-likeness (QED) is 0.923. The van der Waals surface area contributed by atoms with Gasteiger partial charge in [-0.25, -0.2) is 4.39 Å². The Bertz CT molecular complexity index is 737. The van der Waals surface area contributed by atoms with Crippen LogP contribution in [0.5, 0.6) is 0 Å². The number of nitrogens with one attached hydrogen (secondary N) is 1. The van der Waals surface area contributed by atoms with E-state index in [0.717, 1.165) is 24.2 Å². The third kappa shape index (κ3) is 4.45. The standard InChI is InChI=1S/C21H25FN2O/c1-14-4-6-18(7-5-14)20-12-24(13-21(20)23-16(3)25)11-17-8-15(2)9-19(22)10-17/h4-10,20-21H,11-13H2,1-3H3,(H,23,25)/t20-,21+/m1/s1. The molecule has 3 rings (SSSR count). The van der Waals surface area contributed by atoms with Gasteiger partial charge in [-0.2, -0.15) is 0 Å². The van der Waals surface area contributed by atoms with Crippen molar-refractivity contribution in [2.75, 3.05) is 13.1 Å². The van der Waals surface area contributed by atoms with Crippen molar-refractivity contribution in [3.05, 3.63) is 70.5 Å². The van der Waals surface area contributed by atoms with E-state index in [-0.39, 0.29) is 23.7 Å². The number of rotatable bonds is 4. The maximum absolute atomic E-state index is 13.7. The summed E-state index contributed by atoms with van der Waals surface area (Å²) in [4.78, 5) is 13.9. The van der Waals surface area contributed by atoms with E-state index >= 15 is 0 Å². The van der Waals surface area contributed by atoms with Crippen molar-refractivity contribution < 1.29 is 9.18 Å². The summed E-state index contributed by atoms with van der Waals surface area (Å²) in [5, 5.41) is 3.09. The van der Waals surface area contributed by atoms with Crippen LogP contribution in [0.1, 0.15) is 35.1 Å². The van der Waals surface area contributed by atoms with Gasteiger partial charge in [0.2, 0.25) is 5.91 Å². The van der Waals surface area contributed by atoms with E-state index < -0.39 is 0 Å². The second-order valence-electron chi connectivity index (χ2n) is 7.16. The summed E-state index contributed by atoms with van der Waals surface area (Å²) in [6, 6.07) is 13.8. The van der Waals surface area contributed by atoms with Gasteiger partial charge in [0.1, 0.15) is 5.82 Å². The molecule has 3 nitrogen and oxygen atoms in total. The summed E-state index contributed by atoms with van der Waals surface area (Å²) >= 11 is 0. The SMILES string of the molecule is CC(=O)N[C@H]1CN(Cc2cc(C)cc(F)c2)C[C@@H]1c1ccc(C)cc1. The van der Waals surface area contributed by atoms with Crippen molar-refractivity contribution in [2.24, 2.45) is 0 Å². The Kier molecular flexibility index (Phi) is 5.19. The number of amides is 1. The maximum Gasteiger partial charge on any atom is 0.217 e. The summed E-state index contributed by atoms with van der Waals surface area (Å²) in [7, 11) is 0. The molecule has 1 heterocycles. The largest absolute Gasteiger partial charge is 0.352 e. The van der Waals surface area contributed by atoms with Gasteiger partial charge in [-0.1, -0.05) is 35.9 Å². The van der Waals surface area contributed by atoms with Crippen molar-refractivity contribution >= 4 is 5.91 Å². The number of carbonyl (C=O) groups is 1. The molecule has 1 saturated heterocycles. The van der Waals surface area contributed by atoms with Gasteiger partial charge in [0.25, 0.3) is 0 Å². The molecule has 2 aromatic carbocycles. The highest BCUT2D eigenvalue weighted by Gasteiger charge is 2.34. The van der Waals surface area contributed by atoms with Crippen molar-refractivity contribution in [1.29, 1.82) is 0 Å². The number of halogens is 1. The summed E-state index contributed by atoms with van der Waals surface area (Å²) in [6.07, 6.45) is 0. The molecule has 1 amide bonds. The molecule has 132 valence electrons. The zero-order chi connectivity index (χ0) is 18.0. The molecule has 2 aromatic rings. The molecule has 0 spiro atoms. The monoisotopic (exact) mass is 340 g/mol. The highest BCUT2D eigenvalue weighted by molar-refractivity contribution is 5.73. The van der Waals surface area contributed by atoms with Crippen molar-refractivity contribution in [2.45, 2.75) is 39.3 Å². The smallest absolute Gasteiger partial charge is 0.217 e. The first-order valence-corrected chi connectivity index (χ1v) is 8.73. The summed E-state index contributed by atoms with van der Waals surface area (Å²) in [6.45, 7) is 7.85. The average molecular weight is 340 g/mol. The molecule has 1 aliphatic rings. The Labute approximate surface area is 148 Å². The van der Waals surface area contributed by atoms with Crippen LogP contribution in [-0.4, -0.2) is 29.9 Å². The fraction of sp³-hybridized carbons (Fsp3) is 0.381. The van der Waals surface area contributed by atoms with Crippen LogP contribution >= 0.6 is 0 Å². The topological polar surface area (TPSA) is 32.3 Å². The van der Waals surface area contributed by atoms with Gasteiger partial charge < -0.3 is 5.32 Å². The number of carbonyl (C=O) groups excluding carboxylic acids is 1. The van der Waals surface area contributed by atoms with Gasteiger partial charge in [0.05, 0.1) is 0 Å². The summed E-state index contributed by atoms with van der Waals surface area (Å²) in [5.74, 6) is 0.0485. The van der Waals surface area contributed by atoms with Crippen LogP contribution in [0.4, 0.5) is 4.39 Å². The molecular formula is C21H25FN2O. The van der Waals surface area contributed by atoms with Gasteiger partial charge in [-0.05, 0) is 42.7 Å². The second-order valence-corrected chi connectivity index (χ2v) is 7.16. The number of aryl methyl sites for hydroxylation is 2. The van der Waals surface area contributed by atoms with Crippen LogP contribution in [0.25, 0.3) is 0 Å². The molecule has 25 heavy (non-hydrogen) atoms. The predicted molar refractivity (Wildman–Crippen MR) is 97.9 cm³/mol. The number of likely N-dealkylation sites (tertiary alicyclic amines) is 1. The van der Waals surface area contributed by atoms with Gasteiger partial charge in [-0.3, -0.25) is 9.69 Å². The van der Waals surface area contributed by atoms with Crippen molar-refractivity contribution in [1.82, 2.24) is 10.2 Å². The van der Waals surface area contributed by atoms with Crippen LogP contribution in [0.3, 0.4) is 0 Å². The average Bonchev–Trinajstić information content (AvgIpc) is 2.88. The molecule has 0 bridgehead atoms. The summed E-state index contributed by atoms with van der Waals surface area (Å²) < 4.78 is 13.7. The first-order valence-electron chi connectivity index (χ1n) is 8.73.